The number of carbonyl (C=O) groups is 1. The van der Waals surface area contributed by atoms with E-state index < -0.39 is 0 Å². The molecule has 0 unspecified atom stereocenters. The van der Waals surface area contributed by atoms with Crippen molar-refractivity contribution in [2.75, 3.05) is 34.3 Å². The molecule has 0 saturated carbocycles. The normalized spacial score (nSPS) is 11.1. The summed E-state index contributed by atoms with van der Waals surface area (Å²) >= 11 is 0. The van der Waals surface area contributed by atoms with E-state index in [9.17, 15) is 9.59 Å². The Morgan fingerprint density at radius 3 is 2.67 bits per heavy atom. The number of benzene rings is 1. The fourth-order valence-corrected chi connectivity index (χ4v) is 2.56. The summed E-state index contributed by atoms with van der Waals surface area (Å²) in [5, 5.41) is 11.2. The molecule has 9 nitrogen and oxygen atoms in total. The Kier molecular flexibility index (Phi) is 5.51. The van der Waals surface area contributed by atoms with Crippen molar-refractivity contribution in [2.45, 2.75) is 6.54 Å². The molecule has 2 aromatic heterocycles. The maximum absolute atomic E-state index is 12.6. The van der Waals surface area contributed by atoms with Crippen molar-refractivity contribution in [1.29, 1.82) is 0 Å². The molecule has 2 heterocycles. The van der Waals surface area contributed by atoms with Crippen molar-refractivity contribution >= 4 is 11.4 Å². The summed E-state index contributed by atoms with van der Waals surface area (Å²) in [6.07, 6.45) is 1.43. The quantitative estimate of drug-likeness (QED) is 0.641. The highest BCUT2D eigenvalue weighted by atomic mass is 16.5. The van der Waals surface area contributed by atoms with Crippen molar-refractivity contribution < 1.29 is 9.53 Å². The van der Waals surface area contributed by atoms with E-state index in [1.54, 1.807) is 13.2 Å². The second-order valence-corrected chi connectivity index (χ2v) is 6.33. The Labute approximate surface area is 156 Å². The van der Waals surface area contributed by atoms with Gasteiger partial charge in [0.2, 0.25) is 5.91 Å². The number of carbonyl (C=O) groups excluding carboxylic acids is 1. The summed E-state index contributed by atoms with van der Waals surface area (Å²) in [6, 6.07) is 9.07. The second kappa shape index (κ2) is 8.00. The molecular weight excluding hydrogens is 348 g/mol. The molecule has 0 bridgehead atoms. The van der Waals surface area contributed by atoms with Crippen molar-refractivity contribution in [3.8, 4) is 17.0 Å². The number of methoxy groups -OCH3 is 1. The summed E-state index contributed by atoms with van der Waals surface area (Å²) < 4.78 is 7.70. The molecule has 0 aliphatic heterocycles. The molecule has 0 saturated heterocycles. The first-order valence-electron chi connectivity index (χ1n) is 8.49. The lowest BCUT2D eigenvalue weighted by Crippen LogP contribution is -2.37. The van der Waals surface area contributed by atoms with Crippen LogP contribution in [0.5, 0.6) is 5.75 Å². The van der Waals surface area contributed by atoms with Gasteiger partial charge in [0, 0.05) is 18.7 Å². The average molecular weight is 370 g/mol. The highest BCUT2D eigenvalue weighted by molar-refractivity contribution is 5.75. The van der Waals surface area contributed by atoms with Crippen LogP contribution in [-0.2, 0) is 11.3 Å². The van der Waals surface area contributed by atoms with E-state index in [1.165, 1.54) is 10.8 Å². The Hall–Kier alpha value is -3.20. The highest BCUT2D eigenvalue weighted by Gasteiger charge is 2.12. The smallest absolute Gasteiger partial charge is 0.293 e. The molecule has 0 atom stereocenters. The summed E-state index contributed by atoms with van der Waals surface area (Å²) in [5.41, 5.74) is 1.49. The molecule has 0 radical (unpaired) electrons. The molecule has 0 spiro atoms. The van der Waals surface area contributed by atoms with Gasteiger partial charge in [0.25, 0.3) is 5.56 Å². The molecule has 0 aliphatic rings. The van der Waals surface area contributed by atoms with Gasteiger partial charge in [0.15, 0.2) is 0 Å². The predicted molar refractivity (Wildman–Crippen MR) is 101 cm³/mol. The van der Waals surface area contributed by atoms with Crippen LogP contribution in [-0.4, -0.2) is 64.5 Å². The van der Waals surface area contributed by atoms with Crippen molar-refractivity contribution in [2.24, 2.45) is 0 Å². The van der Waals surface area contributed by atoms with Crippen LogP contribution in [0.25, 0.3) is 16.8 Å². The first kappa shape index (κ1) is 18.6. The monoisotopic (exact) mass is 370 g/mol. The Bertz CT molecular complexity index is 990. The number of hydrogen-bond donors (Lipinski definition) is 1. The zero-order valence-electron chi connectivity index (χ0n) is 15.5. The van der Waals surface area contributed by atoms with E-state index >= 15 is 0 Å². The number of amides is 1. The van der Waals surface area contributed by atoms with Crippen molar-refractivity contribution in [3.05, 3.63) is 47.0 Å². The first-order valence-corrected chi connectivity index (χ1v) is 8.49. The topological polar surface area (TPSA) is 93.8 Å². The van der Waals surface area contributed by atoms with Gasteiger partial charge in [0.1, 0.15) is 24.1 Å². The van der Waals surface area contributed by atoms with Crippen LogP contribution in [0, 0.1) is 0 Å². The molecule has 3 aromatic rings. The molecule has 1 aromatic carbocycles. The van der Waals surface area contributed by atoms with E-state index in [0.29, 0.717) is 17.8 Å². The third-order valence-corrected chi connectivity index (χ3v) is 4.05. The van der Waals surface area contributed by atoms with Crippen LogP contribution in [0.3, 0.4) is 0 Å². The third-order valence-electron chi connectivity index (χ3n) is 4.05. The SMILES string of the molecule is COc1ccc(-c2cc3c(=O)n(CC(=O)NCCN(C)C)ncn3n2)cc1. The number of fused-ring (bicyclic) bond motifs is 1. The standard InChI is InChI=1S/C18H22N6O3/c1-22(2)9-8-19-17(25)11-23-18(26)16-10-15(21-24(16)12-20-23)13-4-6-14(27-3)7-5-13/h4-7,10,12H,8-9,11H2,1-3H3,(H,19,25). The minimum atomic E-state index is -0.368. The summed E-state index contributed by atoms with van der Waals surface area (Å²) in [4.78, 5) is 26.6. The Morgan fingerprint density at radius 1 is 1.26 bits per heavy atom. The van der Waals surface area contributed by atoms with E-state index in [-0.39, 0.29) is 18.0 Å². The predicted octanol–water partition coefficient (Wildman–Crippen LogP) is 0.244. The van der Waals surface area contributed by atoms with Crippen LogP contribution in [0.4, 0.5) is 0 Å². The van der Waals surface area contributed by atoms with Gasteiger partial charge < -0.3 is 15.0 Å². The lowest BCUT2D eigenvalue weighted by atomic mass is 10.1. The molecule has 27 heavy (non-hydrogen) atoms. The van der Waals surface area contributed by atoms with Gasteiger partial charge in [-0.15, -0.1) is 0 Å². The zero-order valence-corrected chi connectivity index (χ0v) is 15.5. The fourth-order valence-electron chi connectivity index (χ4n) is 2.56. The van der Waals surface area contributed by atoms with Gasteiger partial charge in [-0.1, -0.05) is 0 Å². The molecule has 1 amide bonds. The molecule has 142 valence electrons. The van der Waals surface area contributed by atoms with Crippen LogP contribution in [0.15, 0.2) is 41.5 Å². The van der Waals surface area contributed by atoms with Gasteiger partial charge >= 0.3 is 0 Å². The van der Waals surface area contributed by atoms with Gasteiger partial charge in [0.05, 0.1) is 12.8 Å². The number of ether oxygens (including phenoxy) is 1. The summed E-state index contributed by atoms with van der Waals surface area (Å²) in [7, 11) is 5.45. The molecular formula is C18H22N6O3. The zero-order chi connectivity index (χ0) is 19.4. The lowest BCUT2D eigenvalue weighted by Gasteiger charge is -2.10. The van der Waals surface area contributed by atoms with Gasteiger partial charge in [-0.2, -0.15) is 10.2 Å². The first-order chi connectivity index (χ1) is 13.0. The highest BCUT2D eigenvalue weighted by Crippen LogP contribution is 2.21. The van der Waals surface area contributed by atoms with Crippen molar-refractivity contribution in [1.82, 2.24) is 29.6 Å². The fraction of sp³-hybridized carbons (Fsp3) is 0.333. The molecule has 0 fully saturated rings. The van der Waals surface area contributed by atoms with Gasteiger partial charge in [-0.25, -0.2) is 9.20 Å². The van der Waals surface area contributed by atoms with E-state index in [4.69, 9.17) is 4.74 Å². The number of rotatable bonds is 7. The average Bonchev–Trinajstić information content (AvgIpc) is 3.09. The van der Waals surface area contributed by atoms with E-state index in [0.717, 1.165) is 22.5 Å². The van der Waals surface area contributed by atoms with Gasteiger partial charge in [-0.05, 0) is 44.4 Å². The van der Waals surface area contributed by atoms with Crippen LogP contribution in [0.2, 0.25) is 0 Å². The summed E-state index contributed by atoms with van der Waals surface area (Å²) in [6.45, 7) is 1.10. The summed E-state index contributed by atoms with van der Waals surface area (Å²) in [5.74, 6) is 0.484. The minimum absolute atomic E-state index is 0.133. The number of nitrogens with one attached hydrogen (secondary N) is 1. The molecule has 0 aliphatic carbocycles. The Morgan fingerprint density at radius 2 is 2.00 bits per heavy atom. The molecule has 3 rings (SSSR count). The van der Waals surface area contributed by atoms with Crippen LogP contribution in [0.1, 0.15) is 0 Å². The van der Waals surface area contributed by atoms with Crippen LogP contribution < -0.4 is 15.6 Å². The number of hydrogen-bond acceptors (Lipinski definition) is 6. The van der Waals surface area contributed by atoms with Gasteiger partial charge in [-0.3, -0.25) is 9.59 Å². The number of likely N-dealkylation sites (N-methyl/N-ethyl adjacent to an activating group) is 1. The maximum atomic E-state index is 12.6. The van der Waals surface area contributed by atoms with E-state index in [2.05, 4.69) is 15.5 Å². The third kappa shape index (κ3) is 4.32. The molecule has 1 N–H and O–H groups in total. The number of nitrogens with zero attached hydrogens (tertiary/aromatic N) is 5. The second-order valence-electron chi connectivity index (χ2n) is 6.33. The maximum Gasteiger partial charge on any atom is 0.293 e. The largest absolute Gasteiger partial charge is 0.497 e. The van der Waals surface area contributed by atoms with Crippen molar-refractivity contribution in [3.63, 3.8) is 0 Å². The van der Waals surface area contributed by atoms with Crippen LogP contribution >= 0.6 is 0 Å². The Balaban J connectivity index is 1.80. The molecule has 9 heteroatoms. The lowest BCUT2D eigenvalue weighted by molar-refractivity contribution is -0.121. The minimum Gasteiger partial charge on any atom is -0.497 e. The van der Waals surface area contributed by atoms with E-state index in [1.807, 2.05) is 43.3 Å². The number of aromatic nitrogens is 4.